The lowest BCUT2D eigenvalue weighted by Gasteiger charge is -2.36. The van der Waals surface area contributed by atoms with Gasteiger partial charge in [-0.05, 0) is 47.0 Å². The van der Waals surface area contributed by atoms with E-state index in [4.69, 9.17) is 16.3 Å². The van der Waals surface area contributed by atoms with Crippen molar-refractivity contribution in [3.05, 3.63) is 119 Å². The topological polar surface area (TPSA) is 159 Å². The lowest BCUT2D eigenvalue weighted by molar-refractivity contribution is -0.121. The maximum Gasteiger partial charge on any atom is 0.254 e. The fourth-order valence-electron chi connectivity index (χ4n) is 4.87. The van der Waals surface area contributed by atoms with Gasteiger partial charge in [-0.15, -0.1) is 0 Å². The van der Waals surface area contributed by atoms with Crippen molar-refractivity contribution in [2.24, 2.45) is 10.9 Å². The van der Waals surface area contributed by atoms with Crippen molar-refractivity contribution in [3.63, 3.8) is 0 Å². The molecule has 0 aliphatic carbocycles. The predicted molar refractivity (Wildman–Crippen MR) is 153 cm³/mol. The van der Waals surface area contributed by atoms with Gasteiger partial charge in [0.15, 0.2) is 0 Å². The number of fused-ring (bicyclic) bond motifs is 1. The van der Waals surface area contributed by atoms with E-state index in [0.29, 0.717) is 34.4 Å². The molecule has 1 atom stereocenters. The number of nitrogens with one attached hydrogen (secondary N) is 2. The van der Waals surface area contributed by atoms with Gasteiger partial charge in [0.25, 0.3) is 5.91 Å². The Morgan fingerprint density at radius 1 is 0.850 bits per heavy atom. The summed E-state index contributed by atoms with van der Waals surface area (Å²) in [5, 5.41) is 16.0. The number of amidine groups is 1. The number of benzene rings is 4. The van der Waals surface area contributed by atoms with Gasteiger partial charge in [0, 0.05) is 35.3 Å². The molecule has 0 radical (unpaired) electrons. The van der Waals surface area contributed by atoms with Crippen molar-refractivity contribution in [3.8, 4) is 11.1 Å². The second kappa shape index (κ2) is 10.8. The Morgan fingerprint density at radius 3 is 2.20 bits per heavy atom. The average Bonchev–Trinajstić information content (AvgIpc) is 2.96. The molecule has 2 amide bonds. The van der Waals surface area contributed by atoms with Gasteiger partial charge in [0.2, 0.25) is 15.9 Å². The van der Waals surface area contributed by atoms with Crippen LogP contribution in [0, 0.1) is 5.41 Å². The Balaban J connectivity index is 1.42. The van der Waals surface area contributed by atoms with Crippen molar-refractivity contribution < 1.29 is 18.0 Å². The number of anilines is 1. The van der Waals surface area contributed by atoms with Gasteiger partial charge in [-0.1, -0.05) is 66.7 Å². The fraction of sp³-hybridized carbons (Fsp3) is 0.100. The Labute approximate surface area is 232 Å². The number of amides is 2. The van der Waals surface area contributed by atoms with E-state index in [-0.39, 0.29) is 29.1 Å². The highest BCUT2D eigenvalue weighted by Gasteiger charge is 2.35. The van der Waals surface area contributed by atoms with Crippen LogP contribution in [0.4, 0.5) is 5.69 Å². The highest BCUT2D eigenvalue weighted by molar-refractivity contribution is 7.89. The molecule has 0 spiro atoms. The molecule has 1 heterocycles. The first-order chi connectivity index (χ1) is 19.1. The molecule has 10 heteroatoms. The second-order valence-electron chi connectivity index (χ2n) is 9.52. The van der Waals surface area contributed by atoms with Crippen LogP contribution in [0.3, 0.4) is 0 Å². The van der Waals surface area contributed by atoms with Crippen LogP contribution in [0.2, 0.25) is 0 Å². The van der Waals surface area contributed by atoms with Crippen LogP contribution in [0.5, 0.6) is 0 Å². The van der Waals surface area contributed by atoms with E-state index in [1.807, 2.05) is 24.3 Å². The predicted octanol–water partition coefficient (Wildman–Crippen LogP) is 3.49. The van der Waals surface area contributed by atoms with Gasteiger partial charge in [0.1, 0.15) is 11.9 Å². The summed E-state index contributed by atoms with van der Waals surface area (Å²) < 4.78 is 24.0. The standard InChI is InChI=1S/C30H27N5O4S/c31-28(32)21-8-5-9-22(16-21)30(37)35-18-23-7-2-1-6-20(23)17-26(35)29(36)34-24-14-12-19(13-15-24)25-10-3-4-11-27(25)40(33,38)39/h1-16,26H,17-18H2,(H3,31,32)(H,34,36)(H2,33,38,39)/t26-/m1/s1. The monoisotopic (exact) mass is 553 g/mol. The summed E-state index contributed by atoms with van der Waals surface area (Å²) in [7, 11) is -3.92. The van der Waals surface area contributed by atoms with Crippen molar-refractivity contribution >= 4 is 33.4 Å². The average molecular weight is 554 g/mol. The zero-order valence-corrected chi connectivity index (χ0v) is 22.2. The molecule has 1 aliphatic rings. The van der Waals surface area contributed by atoms with E-state index >= 15 is 0 Å². The van der Waals surface area contributed by atoms with E-state index in [2.05, 4.69) is 5.32 Å². The zero-order chi connectivity index (χ0) is 28.4. The summed E-state index contributed by atoms with van der Waals surface area (Å²) in [6.45, 7) is 0.251. The van der Waals surface area contributed by atoms with Gasteiger partial charge >= 0.3 is 0 Å². The number of carbonyl (C=O) groups excluding carboxylic acids is 2. The first kappa shape index (κ1) is 26.8. The van der Waals surface area contributed by atoms with Crippen LogP contribution in [0.25, 0.3) is 11.1 Å². The van der Waals surface area contributed by atoms with Crippen LogP contribution in [-0.4, -0.2) is 37.0 Å². The van der Waals surface area contributed by atoms with Crippen LogP contribution < -0.4 is 16.2 Å². The van der Waals surface area contributed by atoms with Gasteiger partial charge in [-0.2, -0.15) is 0 Å². The van der Waals surface area contributed by atoms with Crippen LogP contribution in [-0.2, 0) is 27.8 Å². The first-order valence-corrected chi connectivity index (χ1v) is 14.0. The number of rotatable bonds is 6. The molecule has 0 aromatic heterocycles. The summed E-state index contributed by atoms with van der Waals surface area (Å²) in [6, 6.07) is 26.6. The maximum absolute atomic E-state index is 13.6. The van der Waals surface area contributed by atoms with Gasteiger partial charge in [0.05, 0.1) is 4.90 Å². The molecule has 1 aliphatic heterocycles. The molecule has 5 rings (SSSR count). The number of nitrogens with zero attached hydrogens (tertiary/aromatic N) is 1. The third-order valence-corrected chi connectivity index (χ3v) is 7.86. The molecule has 0 saturated heterocycles. The minimum absolute atomic E-state index is 0.00986. The number of nitrogen functional groups attached to an aromatic ring is 1. The number of hydrogen-bond acceptors (Lipinski definition) is 5. The third-order valence-electron chi connectivity index (χ3n) is 6.89. The lowest BCUT2D eigenvalue weighted by Crippen LogP contribution is -2.50. The molecule has 0 unspecified atom stereocenters. The zero-order valence-electron chi connectivity index (χ0n) is 21.4. The fourth-order valence-corrected chi connectivity index (χ4v) is 5.63. The summed E-state index contributed by atoms with van der Waals surface area (Å²) in [6.07, 6.45) is 0.333. The van der Waals surface area contributed by atoms with E-state index in [1.165, 1.54) is 11.0 Å². The molecule has 9 nitrogen and oxygen atoms in total. The van der Waals surface area contributed by atoms with E-state index in [9.17, 15) is 18.0 Å². The number of carbonyl (C=O) groups is 2. The molecule has 0 bridgehead atoms. The smallest absolute Gasteiger partial charge is 0.254 e. The quantitative estimate of drug-likeness (QED) is 0.212. The Hall–Kier alpha value is -4.80. The summed E-state index contributed by atoms with van der Waals surface area (Å²) in [5.41, 5.74) is 9.89. The van der Waals surface area contributed by atoms with Gasteiger partial charge < -0.3 is 16.0 Å². The Bertz CT molecular complexity index is 1740. The molecular weight excluding hydrogens is 526 g/mol. The minimum atomic E-state index is -3.92. The summed E-state index contributed by atoms with van der Waals surface area (Å²) in [5.74, 6) is -0.848. The van der Waals surface area contributed by atoms with Crippen molar-refractivity contribution in [2.75, 3.05) is 5.32 Å². The molecule has 0 saturated carbocycles. The highest BCUT2D eigenvalue weighted by Crippen LogP contribution is 2.29. The minimum Gasteiger partial charge on any atom is -0.384 e. The van der Waals surface area contributed by atoms with E-state index < -0.39 is 16.1 Å². The molecule has 40 heavy (non-hydrogen) atoms. The summed E-state index contributed by atoms with van der Waals surface area (Å²) >= 11 is 0. The molecule has 0 fully saturated rings. The van der Waals surface area contributed by atoms with Crippen LogP contribution in [0.1, 0.15) is 27.0 Å². The Kier molecular flexibility index (Phi) is 7.20. The third kappa shape index (κ3) is 5.49. The van der Waals surface area contributed by atoms with Crippen molar-refractivity contribution in [1.82, 2.24) is 4.90 Å². The lowest BCUT2D eigenvalue weighted by atomic mass is 9.92. The van der Waals surface area contributed by atoms with E-state index in [1.54, 1.807) is 66.7 Å². The molecule has 4 aromatic carbocycles. The highest BCUT2D eigenvalue weighted by atomic mass is 32.2. The summed E-state index contributed by atoms with van der Waals surface area (Å²) in [4.78, 5) is 28.8. The number of hydrogen-bond donors (Lipinski definition) is 4. The molecule has 6 N–H and O–H groups in total. The van der Waals surface area contributed by atoms with Crippen molar-refractivity contribution in [2.45, 2.75) is 23.9 Å². The van der Waals surface area contributed by atoms with E-state index in [0.717, 1.165) is 11.1 Å². The van der Waals surface area contributed by atoms with Gasteiger partial charge in [-0.25, -0.2) is 13.6 Å². The second-order valence-corrected chi connectivity index (χ2v) is 11.1. The molecule has 202 valence electrons. The number of nitrogens with two attached hydrogens (primary N) is 2. The first-order valence-electron chi connectivity index (χ1n) is 12.5. The largest absolute Gasteiger partial charge is 0.384 e. The Morgan fingerprint density at radius 2 is 1.50 bits per heavy atom. The SMILES string of the molecule is N=C(N)c1cccc(C(=O)N2Cc3ccccc3C[C@@H]2C(=O)Nc2ccc(-c3ccccc3S(N)(=O)=O)cc2)c1. The number of primary sulfonamides is 1. The number of sulfonamides is 1. The van der Waals surface area contributed by atoms with Crippen LogP contribution >= 0.6 is 0 Å². The molecule has 4 aromatic rings. The molecular formula is C30H27N5O4S. The van der Waals surface area contributed by atoms with Crippen molar-refractivity contribution in [1.29, 1.82) is 5.41 Å². The normalized spacial score (nSPS) is 14.7. The maximum atomic E-state index is 13.6. The van der Waals surface area contributed by atoms with Gasteiger partial charge in [-0.3, -0.25) is 15.0 Å². The van der Waals surface area contributed by atoms with Crippen LogP contribution in [0.15, 0.2) is 102 Å².